The van der Waals surface area contributed by atoms with Gasteiger partial charge in [0.25, 0.3) is 0 Å². The summed E-state index contributed by atoms with van der Waals surface area (Å²) in [5.41, 5.74) is 5.21. The highest BCUT2D eigenvalue weighted by Crippen LogP contribution is 2.36. The smallest absolute Gasteiger partial charge is 0.416 e. The van der Waals surface area contributed by atoms with Crippen molar-refractivity contribution in [1.29, 1.82) is 0 Å². The molecule has 1 aromatic carbocycles. The number of alkyl halides is 3. The molecule has 0 fully saturated rings. The number of nitrogens with two attached hydrogens (primary N) is 1. The van der Waals surface area contributed by atoms with Crippen molar-refractivity contribution in [2.24, 2.45) is 17.6 Å². The maximum absolute atomic E-state index is 13.0. The van der Waals surface area contributed by atoms with Gasteiger partial charge < -0.3 is 25.3 Å². The van der Waals surface area contributed by atoms with Gasteiger partial charge in [0.15, 0.2) is 11.5 Å². The van der Waals surface area contributed by atoms with Crippen molar-refractivity contribution in [3.8, 4) is 22.8 Å². The number of nitrogens with zero attached hydrogens (tertiary/aromatic N) is 3. The molecular formula is C39H49Cl3F3N5O4. The molecule has 0 saturated carbocycles. The number of rotatable bonds is 12. The largest absolute Gasteiger partial charge is 0.488 e. The Labute approximate surface area is 330 Å². The number of hydrogen-bond donors (Lipinski definition) is 2. The van der Waals surface area contributed by atoms with Crippen molar-refractivity contribution in [2.75, 3.05) is 13.2 Å². The number of nitrogens with one attached hydrogen (secondary N) is 1. The number of carbonyl (C=O) groups is 1. The molecule has 0 aliphatic heterocycles. The Morgan fingerprint density at radius 2 is 1.41 bits per heavy atom. The molecule has 0 bridgehead atoms. The van der Waals surface area contributed by atoms with Gasteiger partial charge in [-0.15, -0.1) is 0 Å². The molecule has 0 aliphatic carbocycles. The lowest BCUT2D eigenvalue weighted by molar-refractivity contribution is -0.137. The lowest BCUT2D eigenvalue weighted by atomic mass is 9.91. The number of pyridine rings is 3. The Hall–Kier alpha value is -3.58. The number of aromatic nitrogens is 3. The number of amides is 1. The van der Waals surface area contributed by atoms with Crippen molar-refractivity contribution in [1.82, 2.24) is 20.3 Å². The second-order valence-electron chi connectivity index (χ2n) is 15.6. The van der Waals surface area contributed by atoms with Gasteiger partial charge in [0, 0.05) is 22.7 Å². The van der Waals surface area contributed by atoms with Gasteiger partial charge in [-0.2, -0.15) is 13.2 Å². The molecule has 3 aromatic heterocycles. The first-order valence-electron chi connectivity index (χ1n) is 17.3. The van der Waals surface area contributed by atoms with Crippen LogP contribution in [0.3, 0.4) is 0 Å². The normalized spacial score (nSPS) is 14.2. The van der Waals surface area contributed by atoms with Gasteiger partial charge in [0.1, 0.15) is 24.0 Å². The van der Waals surface area contributed by atoms with E-state index in [4.69, 9.17) is 54.7 Å². The minimum Gasteiger partial charge on any atom is -0.488 e. The van der Waals surface area contributed by atoms with E-state index < -0.39 is 34.5 Å². The van der Waals surface area contributed by atoms with Crippen LogP contribution in [0.25, 0.3) is 22.2 Å². The van der Waals surface area contributed by atoms with Crippen LogP contribution in [-0.2, 0) is 10.9 Å². The van der Waals surface area contributed by atoms with E-state index in [0.29, 0.717) is 61.6 Å². The van der Waals surface area contributed by atoms with E-state index >= 15 is 0 Å². The lowest BCUT2D eigenvalue weighted by Gasteiger charge is -2.33. The first kappa shape index (κ1) is 44.8. The summed E-state index contributed by atoms with van der Waals surface area (Å²) in [6.07, 6.45) is 1.01. The molecule has 0 saturated heterocycles. The van der Waals surface area contributed by atoms with Crippen LogP contribution >= 0.6 is 34.8 Å². The van der Waals surface area contributed by atoms with E-state index in [0.717, 1.165) is 18.6 Å². The summed E-state index contributed by atoms with van der Waals surface area (Å²) < 4.78 is 55.8. The fourth-order valence-electron chi connectivity index (χ4n) is 5.79. The molecule has 0 spiro atoms. The van der Waals surface area contributed by atoms with Crippen LogP contribution in [-0.4, -0.2) is 50.9 Å². The molecule has 4 rings (SSSR count). The molecule has 54 heavy (non-hydrogen) atoms. The van der Waals surface area contributed by atoms with Gasteiger partial charge in [-0.1, -0.05) is 68.6 Å². The summed E-state index contributed by atoms with van der Waals surface area (Å²) >= 11 is 18.3. The number of hydrogen-bond acceptors (Lipinski definition) is 8. The number of fused-ring (bicyclic) bond motifs is 1. The summed E-state index contributed by atoms with van der Waals surface area (Å²) in [6.45, 7) is 18.1. The molecule has 0 unspecified atom stereocenters. The zero-order valence-corrected chi connectivity index (χ0v) is 34.3. The minimum absolute atomic E-state index is 0.230. The Bertz CT molecular complexity index is 1890. The molecule has 15 heteroatoms. The maximum Gasteiger partial charge on any atom is 0.416 e. The molecule has 9 nitrogen and oxygen atoms in total. The average molecular weight is 815 g/mol. The molecule has 1 amide bonds. The molecule has 3 N–H and O–H groups in total. The summed E-state index contributed by atoms with van der Waals surface area (Å²) in [5, 5.41) is 4.47. The number of ether oxygens (including phenoxy) is 3. The van der Waals surface area contributed by atoms with Crippen molar-refractivity contribution < 1.29 is 32.2 Å². The molecule has 0 radical (unpaired) electrons. The molecular weight excluding hydrogens is 766 g/mol. The van der Waals surface area contributed by atoms with E-state index in [2.05, 4.69) is 48.0 Å². The molecule has 0 aliphatic rings. The predicted molar refractivity (Wildman–Crippen MR) is 210 cm³/mol. The SMILES string of the molecule is CC(C)C[C@@](C)(COc1cnc(Cl)cc1Cl)NC(=O)OC(C)(C)C.CC(C)C[C@](C)(N)COc1cnc(-c2ccnc3cc(C(F)(F)F)ccc23)cc1Cl. The lowest BCUT2D eigenvalue weighted by Crippen LogP contribution is -2.52. The van der Waals surface area contributed by atoms with Gasteiger partial charge in [0.2, 0.25) is 0 Å². The van der Waals surface area contributed by atoms with Crippen LogP contribution in [0.2, 0.25) is 15.2 Å². The Balaban J connectivity index is 0.000000299. The van der Waals surface area contributed by atoms with Crippen LogP contribution in [0.1, 0.15) is 80.7 Å². The second-order valence-corrected chi connectivity index (χ2v) is 16.8. The third-order valence-corrected chi connectivity index (χ3v) is 8.39. The number of carbonyl (C=O) groups excluding carboxylic acids is 1. The van der Waals surface area contributed by atoms with Crippen molar-refractivity contribution in [3.05, 3.63) is 75.8 Å². The molecule has 3 heterocycles. The van der Waals surface area contributed by atoms with Gasteiger partial charge in [-0.25, -0.2) is 9.78 Å². The van der Waals surface area contributed by atoms with Crippen LogP contribution in [0.5, 0.6) is 11.5 Å². The van der Waals surface area contributed by atoms with E-state index in [1.54, 1.807) is 12.1 Å². The molecule has 2 atom stereocenters. The van der Waals surface area contributed by atoms with Crippen LogP contribution < -0.4 is 20.5 Å². The predicted octanol–water partition coefficient (Wildman–Crippen LogP) is 11.2. The third-order valence-electron chi connectivity index (χ3n) is 7.59. The fourth-order valence-corrected chi connectivity index (χ4v) is 6.42. The standard InChI is InChI=1S/C22H23ClF3N3O.C17H26Cl2N2O3/c1-13(2)10-21(3,27)12-30-20-11-29-19(9-17(20)23)16-6-7-28-18-8-14(22(24,25)26)4-5-15(16)18;1-11(2)8-17(6,21-15(22)24-16(3,4)5)10-23-13-9-20-14(19)7-12(13)18/h4-9,11,13H,10,12,27H2,1-3H3;7,9,11H,8,10H2,1-6H3,(H,21,22)/t21-;17-/m00/s1. The summed E-state index contributed by atoms with van der Waals surface area (Å²) in [6, 6.07) is 8.28. The Morgan fingerprint density at radius 1 is 0.815 bits per heavy atom. The van der Waals surface area contributed by atoms with Crippen molar-refractivity contribution >= 4 is 51.8 Å². The number of halogens is 6. The van der Waals surface area contributed by atoms with Crippen LogP contribution in [0.4, 0.5) is 18.0 Å². The zero-order valence-electron chi connectivity index (χ0n) is 32.0. The highest BCUT2D eigenvalue weighted by atomic mass is 35.5. The highest BCUT2D eigenvalue weighted by Gasteiger charge is 2.32. The summed E-state index contributed by atoms with van der Waals surface area (Å²) in [4.78, 5) is 24.5. The quantitative estimate of drug-likeness (QED) is 0.136. The molecule has 296 valence electrons. The van der Waals surface area contributed by atoms with Crippen molar-refractivity contribution in [3.63, 3.8) is 0 Å². The average Bonchev–Trinajstić information content (AvgIpc) is 3.01. The summed E-state index contributed by atoms with van der Waals surface area (Å²) in [5.74, 6) is 1.60. The van der Waals surface area contributed by atoms with E-state index in [-0.39, 0.29) is 18.7 Å². The first-order valence-corrected chi connectivity index (χ1v) is 18.5. The van der Waals surface area contributed by atoms with Gasteiger partial charge in [-0.05, 0) is 89.6 Å². The maximum atomic E-state index is 13.0. The van der Waals surface area contributed by atoms with E-state index in [1.807, 2.05) is 34.6 Å². The van der Waals surface area contributed by atoms with Crippen molar-refractivity contribution in [2.45, 2.75) is 98.0 Å². The minimum atomic E-state index is -4.43. The fraction of sp³-hybridized carbons (Fsp3) is 0.487. The Morgan fingerprint density at radius 3 is 1.96 bits per heavy atom. The topological polar surface area (TPSA) is 121 Å². The monoisotopic (exact) mass is 813 g/mol. The number of alkyl carbamates (subject to hydrolysis) is 1. The van der Waals surface area contributed by atoms with Gasteiger partial charge >= 0.3 is 12.3 Å². The van der Waals surface area contributed by atoms with Gasteiger partial charge in [-0.3, -0.25) is 9.97 Å². The van der Waals surface area contributed by atoms with E-state index in [9.17, 15) is 18.0 Å². The summed E-state index contributed by atoms with van der Waals surface area (Å²) in [7, 11) is 0. The van der Waals surface area contributed by atoms with E-state index in [1.165, 1.54) is 30.7 Å². The second kappa shape index (κ2) is 18.4. The van der Waals surface area contributed by atoms with Crippen LogP contribution in [0, 0.1) is 11.8 Å². The molecule has 4 aromatic rings. The zero-order chi connectivity index (χ0) is 40.6. The first-order chi connectivity index (χ1) is 24.9. The van der Waals surface area contributed by atoms with Gasteiger partial charge in [0.05, 0.1) is 44.8 Å². The number of benzene rings is 1. The third kappa shape index (κ3) is 14.2. The highest BCUT2D eigenvalue weighted by molar-refractivity contribution is 6.34. The van der Waals surface area contributed by atoms with Crippen LogP contribution in [0.15, 0.2) is 55.0 Å². The Kier molecular flexibility index (Phi) is 15.2.